The average Bonchev–Trinajstić information content (AvgIpc) is 3.02. The van der Waals surface area contributed by atoms with E-state index >= 15 is 0 Å². The molecule has 2 amide bonds. The quantitative estimate of drug-likeness (QED) is 0.624. The summed E-state index contributed by atoms with van der Waals surface area (Å²) in [4.78, 5) is 16.1. The predicted octanol–water partition coefficient (Wildman–Crippen LogP) is 3.74. The van der Waals surface area contributed by atoms with Gasteiger partial charge in [0.05, 0.1) is 0 Å². The van der Waals surface area contributed by atoms with Crippen molar-refractivity contribution >= 4 is 29.4 Å². The molecule has 0 bridgehead atoms. The number of H-pyrrole nitrogens is 1. The third kappa shape index (κ3) is 4.58. The largest absolute Gasteiger partial charge is 0.326 e. The van der Waals surface area contributed by atoms with Crippen molar-refractivity contribution in [3.8, 4) is 0 Å². The number of nitrogens with zero attached hydrogens (tertiary/aromatic N) is 2. The number of aromatic amines is 1. The SMILES string of the molecule is O=C(Nc1ccccc1)Nc1nc(SCc2ccccc2)n[nH]1. The third-order valence-electron chi connectivity index (χ3n) is 2.94. The molecule has 3 rings (SSSR count). The predicted molar refractivity (Wildman–Crippen MR) is 91.5 cm³/mol. The molecule has 0 aliphatic rings. The van der Waals surface area contributed by atoms with E-state index in [4.69, 9.17) is 0 Å². The summed E-state index contributed by atoms with van der Waals surface area (Å²) >= 11 is 1.50. The van der Waals surface area contributed by atoms with Gasteiger partial charge < -0.3 is 5.32 Å². The lowest BCUT2D eigenvalue weighted by atomic mass is 10.2. The van der Waals surface area contributed by atoms with Gasteiger partial charge >= 0.3 is 6.03 Å². The van der Waals surface area contributed by atoms with Crippen LogP contribution >= 0.6 is 11.8 Å². The van der Waals surface area contributed by atoms with E-state index in [0.717, 1.165) is 5.75 Å². The zero-order chi connectivity index (χ0) is 15.9. The molecule has 6 nitrogen and oxygen atoms in total. The van der Waals surface area contributed by atoms with Crippen molar-refractivity contribution in [2.75, 3.05) is 10.6 Å². The Hall–Kier alpha value is -2.80. The lowest BCUT2D eigenvalue weighted by Gasteiger charge is -2.04. The van der Waals surface area contributed by atoms with Gasteiger partial charge in [0, 0.05) is 11.4 Å². The Morgan fingerprint density at radius 1 is 1.00 bits per heavy atom. The number of carbonyl (C=O) groups is 1. The average molecular weight is 325 g/mol. The van der Waals surface area contributed by atoms with E-state index in [0.29, 0.717) is 16.8 Å². The van der Waals surface area contributed by atoms with Gasteiger partial charge in [0.1, 0.15) is 0 Å². The summed E-state index contributed by atoms with van der Waals surface area (Å²) in [6.45, 7) is 0. The van der Waals surface area contributed by atoms with Crippen LogP contribution in [0.3, 0.4) is 0 Å². The number of hydrogen-bond acceptors (Lipinski definition) is 4. The van der Waals surface area contributed by atoms with Gasteiger partial charge in [0.25, 0.3) is 0 Å². The molecule has 0 radical (unpaired) electrons. The van der Waals surface area contributed by atoms with E-state index in [1.54, 1.807) is 12.1 Å². The van der Waals surface area contributed by atoms with Crippen molar-refractivity contribution in [1.29, 1.82) is 0 Å². The first-order chi connectivity index (χ1) is 11.3. The van der Waals surface area contributed by atoms with Crippen molar-refractivity contribution in [2.45, 2.75) is 10.9 Å². The normalized spacial score (nSPS) is 10.3. The van der Waals surface area contributed by atoms with E-state index in [1.165, 1.54) is 17.3 Å². The minimum absolute atomic E-state index is 0.314. The number of carbonyl (C=O) groups excluding carboxylic acids is 1. The van der Waals surface area contributed by atoms with Gasteiger partial charge in [-0.25, -0.2) is 9.89 Å². The second-order valence-electron chi connectivity index (χ2n) is 4.69. The van der Waals surface area contributed by atoms with Crippen LogP contribution in [-0.4, -0.2) is 21.2 Å². The van der Waals surface area contributed by atoms with Gasteiger partial charge in [0.15, 0.2) is 0 Å². The highest BCUT2D eigenvalue weighted by Gasteiger charge is 2.08. The number of rotatable bonds is 5. The van der Waals surface area contributed by atoms with Crippen molar-refractivity contribution < 1.29 is 4.79 Å². The summed E-state index contributed by atoms with van der Waals surface area (Å²) in [5, 5.41) is 12.7. The number of urea groups is 1. The van der Waals surface area contributed by atoms with Gasteiger partial charge in [-0.15, -0.1) is 5.10 Å². The second-order valence-corrected chi connectivity index (χ2v) is 5.63. The molecule has 116 valence electrons. The molecule has 0 aliphatic heterocycles. The maximum Gasteiger partial charge on any atom is 0.326 e. The molecule has 1 aromatic heterocycles. The lowest BCUT2D eigenvalue weighted by Crippen LogP contribution is -2.20. The number of anilines is 2. The molecular formula is C16H15N5OS. The third-order valence-corrected chi connectivity index (χ3v) is 3.86. The molecule has 1 heterocycles. The Balaban J connectivity index is 1.52. The summed E-state index contributed by atoms with van der Waals surface area (Å²) in [5.41, 5.74) is 1.90. The van der Waals surface area contributed by atoms with E-state index in [-0.39, 0.29) is 6.03 Å². The monoisotopic (exact) mass is 325 g/mol. The van der Waals surface area contributed by atoms with E-state index < -0.39 is 0 Å². The van der Waals surface area contributed by atoms with Crippen molar-refractivity contribution in [1.82, 2.24) is 15.2 Å². The van der Waals surface area contributed by atoms with Crippen LogP contribution in [0.4, 0.5) is 16.4 Å². The van der Waals surface area contributed by atoms with Crippen LogP contribution in [0.1, 0.15) is 5.56 Å². The molecular weight excluding hydrogens is 310 g/mol. The highest BCUT2D eigenvalue weighted by Crippen LogP contribution is 2.19. The number of amides is 2. The summed E-state index contributed by atoms with van der Waals surface area (Å²) in [5.74, 6) is 1.09. The smallest absolute Gasteiger partial charge is 0.308 e. The molecule has 7 heteroatoms. The zero-order valence-electron chi connectivity index (χ0n) is 12.2. The van der Waals surface area contributed by atoms with Gasteiger partial charge in [-0.3, -0.25) is 5.32 Å². The van der Waals surface area contributed by atoms with Crippen molar-refractivity contribution in [3.63, 3.8) is 0 Å². The van der Waals surface area contributed by atoms with Gasteiger partial charge in [-0.05, 0) is 17.7 Å². The van der Waals surface area contributed by atoms with E-state index in [2.05, 4.69) is 25.8 Å². The molecule has 23 heavy (non-hydrogen) atoms. The van der Waals surface area contributed by atoms with Crippen LogP contribution in [0.15, 0.2) is 65.8 Å². The summed E-state index contributed by atoms with van der Waals surface area (Å²) in [7, 11) is 0. The van der Waals surface area contributed by atoms with E-state index in [1.807, 2.05) is 48.5 Å². The zero-order valence-corrected chi connectivity index (χ0v) is 13.0. The molecule has 0 saturated carbocycles. The second kappa shape index (κ2) is 7.46. The summed E-state index contributed by atoms with van der Waals surface area (Å²) in [6, 6.07) is 18.9. The van der Waals surface area contributed by atoms with Crippen LogP contribution in [0.5, 0.6) is 0 Å². The maximum atomic E-state index is 11.9. The molecule has 0 aliphatic carbocycles. The first-order valence-electron chi connectivity index (χ1n) is 7.02. The minimum Gasteiger partial charge on any atom is -0.308 e. The van der Waals surface area contributed by atoms with Crippen LogP contribution in [0, 0.1) is 0 Å². The Bertz CT molecular complexity index is 760. The number of hydrogen-bond donors (Lipinski definition) is 3. The summed E-state index contributed by atoms with van der Waals surface area (Å²) in [6.07, 6.45) is 0. The number of benzene rings is 2. The van der Waals surface area contributed by atoms with Crippen molar-refractivity contribution in [2.24, 2.45) is 0 Å². The van der Waals surface area contributed by atoms with E-state index in [9.17, 15) is 4.79 Å². The van der Waals surface area contributed by atoms with Crippen LogP contribution in [-0.2, 0) is 5.75 Å². The van der Waals surface area contributed by atoms with Crippen LogP contribution in [0.2, 0.25) is 0 Å². The Kier molecular flexibility index (Phi) is 4.90. The molecule has 0 spiro atoms. The Morgan fingerprint density at radius 2 is 1.70 bits per heavy atom. The number of aromatic nitrogens is 3. The number of para-hydroxylation sites is 1. The fraction of sp³-hybridized carbons (Fsp3) is 0.0625. The number of thioether (sulfide) groups is 1. The van der Waals surface area contributed by atoms with Gasteiger partial charge in [0.2, 0.25) is 11.1 Å². The molecule has 2 aromatic carbocycles. The Labute approximate surface area is 137 Å². The topological polar surface area (TPSA) is 82.7 Å². The molecule has 3 N–H and O–H groups in total. The van der Waals surface area contributed by atoms with Gasteiger partial charge in [-0.2, -0.15) is 4.98 Å². The molecule has 3 aromatic rings. The highest BCUT2D eigenvalue weighted by molar-refractivity contribution is 7.98. The Morgan fingerprint density at radius 3 is 2.43 bits per heavy atom. The molecule has 0 atom stereocenters. The van der Waals surface area contributed by atoms with Crippen molar-refractivity contribution in [3.05, 3.63) is 66.2 Å². The molecule has 0 saturated heterocycles. The summed E-state index contributed by atoms with van der Waals surface area (Å²) < 4.78 is 0. The minimum atomic E-state index is -0.369. The fourth-order valence-electron chi connectivity index (χ4n) is 1.88. The first kappa shape index (κ1) is 15.1. The first-order valence-corrected chi connectivity index (χ1v) is 8.00. The van der Waals surface area contributed by atoms with Gasteiger partial charge in [-0.1, -0.05) is 60.3 Å². The van der Waals surface area contributed by atoms with Crippen LogP contribution < -0.4 is 10.6 Å². The highest BCUT2D eigenvalue weighted by atomic mass is 32.2. The maximum absolute atomic E-state index is 11.9. The fourth-order valence-corrected chi connectivity index (χ4v) is 2.63. The molecule has 0 fully saturated rings. The van der Waals surface area contributed by atoms with Crippen LogP contribution in [0.25, 0.3) is 0 Å². The lowest BCUT2D eigenvalue weighted by molar-refractivity contribution is 0.262. The standard InChI is InChI=1S/C16H15N5OS/c22-15(17-13-9-5-2-6-10-13)18-14-19-16(21-20-14)23-11-12-7-3-1-4-8-12/h1-10H,11H2,(H3,17,18,19,20,21,22). The molecule has 0 unspecified atom stereocenters. The number of nitrogens with one attached hydrogen (secondary N) is 3.